The highest BCUT2D eigenvalue weighted by Gasteiger charge is 2.09. The van der Waals surface area contributed by atoms with Gasteiger partial charge in [0.05, 0.1) is 0 Å². The van der Waals surface area contributed by atoms with Crippen molar-refractivity contribution in [3.8, 4) is 0 Å². The van der Waals surface area contributed by atoms with Crippen LogP contribution in [0.3, 0.4) is 0 Å². The molecule has 3 nitrogen and oxygen atoms in total. The number of unbranched alkanes of at least 4 members (excludes halogenated alkanes) is 3. The Morgan fingerprint density at radius 3 is 2.85 bits per heavy atom. The molecule has 0 atom stereocenters. The fraction of sp³-hybridized carbons (Fsp3) is 0.588. The van der Waals surface area contributed by atoms with Crippen molar-refractivity contribution in [1.29, 1.82) is 0 Å². The van der Waals surface area contributed by atoms with Crippen LogP contribution < -0.4 is 5.32 Å². The zero-order valence-electron chi connectivity index (χ0n) is 13.0. The highest BCUT2D eigenvalue weighted by molar-refractivity contribution is 5.80. The standard InChI is InChI=1S/C17H27N3/c1-4-5-6-7-11-20-13-15(12-19-14(2)3)16-9-8-10-18-17(16)20/h8-10,13-14,19H,4-7,11-12H2,1-3H3. The lowest BCUT2D eigenvalue weighted by molar-refractivity contribution is 0.579. The Labute approximate surface area is 122 Å². The Morgan fingerprint density at radius 2 is 2.10 bits per heavy atom. The number of fused-ring (bicyclic) bond motifs is 1. The fourth-order valence-corrected chi connectivity index (χ4v) is 2.53. The van der Waals surface area contributed by atoms with Gasteiger partial charge < -0.3 is 9.88 Å². The normalized spacial score (nSPS) is 11.6. The summed E-state index contributed by atoms with van der Waals surface area (Å²) in [6, 6.07) is 4.72. The summed E-state index contributed by atoms with van der Waals surface area (Å²) in [7, 11) is 0. The summed E-state index contributed by atoms with van der Waals surface area (Å²) in [5.41, 5.74) is 2.49. The van der Waals surface area contributed by atoms with Crippen molar-refractivity contribution in [2.45, 2.75) is 65.6 Å². The van der Waals surface area contributed by atoms with E-state index in [-0.39, 0.29) is 0 Å². The molecular weight excluding hydrogens is 246 g/mol. The number of nitrogens with one attached hydrogen (secondary N) is 1. The molecule has 110 valence electrons. The fourth-order valence-electron chi connectivity index (χ4n) is 2.53. The minimum absolute atomic E-state index is 0.509. The van der Waals surface area contributed by atoms with E-state index in [4.69, 9.17) is 0 Å². The van der Waals surface area contributed by atoms with Gasteiger partial charge in [0.15, 0.2) is 0 Å². The molecule has 0 saturated carbocycles. The molecule has 0 bridgehead atoms. The summed E-state index contributed by atoms with van der Waals surface area (Å²) in [6.45, 7) is 8.61. The average Bonchev–Trinajstić information content (AvgIpc) is 2.80. The van der Waals surface area contributed by atoms with Crippen molar-refractivity contribution in [3.63, 3.8) is 0 Å². The average molecular weight is 273 g/mol. The van der Waals surface area contributed by atoms with Crippen molar-refractivity contribution in [1.82, 2.24) is 14.9 Å². The van der Waals surface area contributed by atoms with Crippen LogP contribution in [0.2, 0.25) is 0 Å². The molecule has 2 aromatic heterocycles. The van der Waals surface area contributed by atoms with E-state index in [9.17, 15) is 0 Å². The van der Waals surface area contributed by atoms with E-state index in [1.807, 2.05) is 12.3 Å². The molecule has 0 spiro atoms. The first-order valence-corrected chi connectivity index (χ1v) is 7.88. The summed E-state index contributed by atoms with van der Waals surface area (Å²) in [5.74, 6) is 0. The van der Waals surface area contributed by atoms with Crippen molar-refractivity contribution < 1.29 is 0 Å². The predicted molar refractivity (Wildman–Crippen MR) is 85.9 cm³/mol. The second-order valence-corrected chi connectivity index (χ2v) is 5.82. The summed E-state index contributed by atoms with van der Waals surface area (Å²) in [6.07, 6.45) is 9.33. The van der Waals surface area contributed by atoms with Crippen LogP contribution in [0.4, 0.5) is 0 Å². The minimum atomic E-state index is 0.509. The summed E-state index contributed by atoms with van der Waals surface area (Å²) < 4.78 is 2.32. The molecule has 0 fully saturated rings. The molecule has 0 saturated heterocycles. The Balaban J connectivity index is 2.13. The van der Waals surface area contributed by atoms with Gasteiger partial charge in [0.2, 0.25) is 0 Å². The summed E-state index contributed by atoms with van der Waals surface area (Å²) >= 11 is 0. The molecule has 0 aliphatic carbocycles. The SMILES string of the molecule is CCCCCCn1cc(CNC(C)C)c2cccnc21. The number of hydrogen-bond donors (Lipinski definition) is 1. The molecule has 2 heterocycles. The van der Waals surface area contributed by atoms with Crippen LogP contribution in [-0.2, 0) is 13.1 Å². The molecule has 0 unspecified atom stereocenters. The zero-order valence-corrected chi connectivity index (χ0v) is 13.0. The maximum Gasteiger partial charge on any atom is 0.140 e. The van der Waals surface area contributed by atoms with Crippen molar-refractivity contribution in [2.24, 2.45) is 0 Å². The van der Waals surface area contributed by atoms with E-state index in [1.165, 1.54) is 36.6 Å². The molecule has 0 amide bonds. The number of nitrogens with zero attached hydrogens (tertiary/aromatic N) is 2. The molecule has 2 aromatic rings. The number of pyridine rings is 1. The molecular formula is C17H27N3. The lowest BCUT2D eigenvalue weighted by Crippen LogP contribution is -2.21. The van der Waals surface area contributed by atoms with E-state index in [0.29, 0.717) is 6.04 Å². The van der Waals surface area contributed by atoms with Gasteiger partial charge in [0, 0.05) is 36.9 Å². The van der Waals surface area contributed by atoms with E-state index >= 15 is 0 Å². The van der Waals surface area contributed by atoms with Gasteiger partial charge in [-0.2, -0.15) is 0 Å². The third kappa shape index (κ3) is 3.83. The van der Waals surface area contributed by atoms with Gasteiger partial charge in [-0.25, -0.2) is 4.98 Å². The van der Waals surface area contributed by atoms with Crippen LogP contribution in [0.25, 0.3) is 11.0 Å². The monoisotopic (exact) mass is 273 g/mol. The summed E-state index contributed by atoms with van der Waals surface area (Å²) in [4.78, 5) is 4.56. The Hall–Kier alpha value is -1.35. The van der Waals surface area contributed by atoms with E-state index < -0.39 is 0 Å². The first kappa shape index (κ1) is 15.0. The van der Waals surface area contributed by atoms with Gasteiger partial charge in [-0.1, -0.05) is 40.0 Å². The maximum absolute atomic E-state index is 4.56. The number of rotatable bonds is 8. The van der Waals surface area contributed by atoms with Crippen LogP contribution in [-0.4, -0.2) is 15.6 Å². The van der Waals surface area contributed by atoms with Gasteiger partial charge in [0.1, 0.15) is 5.65 Å². The Bertz CT molecular complexity index is 528. The second-order valence-electron chi connectivity index (χ2n) is 5.82. The third-order valence-electron chi connectivity index (χ3n) is 3.67. The van der Waals surface area contributed by atoms with Gasteiger partial charge in [-0.05, 0) is 24.1 Å². The van der Waals surface area contributed by atoms with Crippen LogP contribution in [0.1, 0.15) is 52.0 Å². The Kier molecular flexibility index (Phi) is 5.60. The number of aromatic nitrogens is 2. The quantitative estimate of drug-likeness (QED) is 0.733. The molecule has 1 N–H and O–H groups in total. The topological polar surface area (TPSA) is 29.9 Å². The smallest absolute Gasteiger partial charge is 0.140 e. The highest BCUT2D eigenvalue weighted by atomic mass is 15.0. The first-order chi connectivity index (χ1) is 9.72. The first-order valence-electron chi connectivity index (χ1n) is 7.88. The molecule has 0 aliphatic rings. The van der Waals surface area contributed by atoms with Crippen LogP contribution in [0.5, 0.6) is 0 Å². The summed E-state index contributed by atoms with van der Waals surface area (Å²) in [5, 5.41) is 4.79. The molecule has 3 heteroatoms. The van der Waals surface area contributed by atoms with E-state index in [1.54, 1.807) is 0 Å². The van der Waals surface area contributed by atoms with Crippen LogP contribution >= 0.6 is 0 Å². The third-order valence-corrected chi connectivity index (χ3v) is 3.67. The second kappa shape index (κ2) is 7.44. The van der Waals surface area contributed by atoms with Gasteiger partial charge >= 0.3 is 0 Å². The Morgan fingerprint density at radius 1 is 1.25 bits per heavy atom. The predicted octanol–water partition coefficient (Wildman–Crippen LogP) is 4.11. The zero-order chi connectivity index (χ0) is 14.4. The van der Waals surface area contributed by atoms with E-state index in [0.717, 1.165) is 18.7 Å². The highest BCUT2D eigenvalue weighted by Crippen LogP contribution is 2.20. The minimum Gasteiger partial charge on any atom is -0.332 e. The van der Waals surface area contributed by atoms with Gasteiger partial charge in [-0.15, -0.1) is 0 Å². The maximum atomic E-state index is 4.56. The van der Waals surface area contributed by atoms with Crippen molar-refractivity contribution in [2.75, 3.05) is 0 Å². The number of aryl methyl sites for hydroxylation is 1. The largest absolute Gasteiger partial charge is 0.332 e. The lowest BCUT2D eigenvalue weighted by Gasteiger charge is -2.06. The van der Waals surface area contributed by atoms with Crippen molar-refractivity contribution in [3.05, 3.63) is 30.1 Å². The molecule has 0 aromatic carbocycles. The number of hydrogen-bond acceptors (Lipinski definition) is 2. The van der Waals surface area contributed by atoms with E-state index in [2.05, 4.69) is 47.9 Å². The lowest BCUT2D eigenvalue weighted by atomic mass is 10.2. The van der Waals surface area contributed by atoms with Crippen LogP contribution in [0, 0.1) is 0 Å². The van der Waals surface area contributed by atoms with Gasteiger partial charge in [0.25, 0.3) is 0 Å². The molecule has 2 rings (SSSR count). The van der Waals surface area contributed by atoms with Crippen molar-refractivity contribution >= 4 is 11.0 Å². The molecule has 0 aliphatic heterocycles. The van der Waals surface area contributed by atoms with Crippen LogP contribution in [0.15, 0.2) is 24.5 Å². The molecule has 20 heavy (non-hydrogen) atoms. The molecule has 0 radical (unpaired) electrons. The van der Waals surface area contributed by atoms with Gasteiger partial charge in [-0.3, -0.25) is 0 Å².